The molecule has 0 aliphatic carbocycles. The lowest BCUT2D eigenvalue weighted by Crippen LogP contribution is -2.20. The second-order valence-corrected chi connectivity index (χ2v) is 6.69. The molecule has 0 saturated carbocycles. The van der Waals surface area contributed by atoms with Crippen LogP contribution in [0.5, 0.6) is 0 Å². The van der Waals surface area contributed by atoms with Gasteiger partial charge >= 0.3 is 0 Å². The predicted octanol–water partition coefficient (Wildman–Crippen LogP) is 4.16. The Morgan fingerprint density at radius 2 is 2.12 bits per heavy atom. The van der Waals surface area contributed by atoms with Crippen molar-refractivity contribution in [3.8, 4) is 0 Å². The van der Waals surface area contributed by atoms with Crippen molar-refractivity contribution >= 4 is 23.1 Å². The van der Waals surface area contributed by atoms with Crippen LogP contribution in [0.15, 0.2) is 6.07 Å². The molecule has 1 unspecified atom stereocenters. The summed E-state index contributed by atoms with van der Waals surface area (Å²) in [6.07, 6.45) is 4.78. The van der Waals surface area contributed by atoms with Gasteiger partial charge in [-0.25, -0.2) is 0 Å². The van der Waals surface area contributed by atoms with Crippen molar-refractivity contribution in [3.63, 3.8) is 0 Å². The largest absolute Gasteiger partial charge is 0.310 e. The molecule has 1 nitrogen and oxygen atoms in total. The quantitative estimate of drug-likeness (QED) is 0.736. The first kappa shape index (κ1) is 14.1. The minimum atomic E-state index is 0.499. The highest BCUT2D eigenvalue weighted by Gasteiger charge is 2.09. The molecule has 0 radical (unpaired) electrons. The zero-order chi connectivity index (χ0) is 12.0. The summed E-state index contributed by atoms with van der Waals surface area (Å²) in [4.78, 5) is 2.88. The summed E-state index contributed by atoms with van der Waals surface area (Å²) in [5.41, 5.74) is 1.48. The highest BCUT2D eigenvalue weighted by atomic mass is 32.2. The molecule has 1 atom stereocenters. The van der Waals surface area contributed by atoms with Crippen LogP contribution in [0.25, 0.3) is 0 Å². The van der Waals surface area contributed by atoms with E-state index in [1.54, 1.807) is 0 Å². The van der Waals surface area contributed by atoms with Crippen LogP contribution >= 0.6 is 23.1 Å². The smallest absolute Gasteiger partial charge is 0.0302 e. The van der Waals surface area contributed by atoms with Crippen molar-refractivity contribution in [1.82, 2.24) is 5.32 Å². The number of hydrogen-bond acceptors (Lipinski definition) is 3. The molecule has 0 aliphatic heterocycles. The van der Waals surface area contributed by atoms with Crippen LogP contribution in [-0.4, -0.2) is 18.6 Å². The summed E-state index contributed by atoms with van der Waals surface area (Å²) in [6, 6.07) is 2.82. The molecule has 3 heteroatoms. The fourth-order valence-corrected chi connectivity index (χ4v) is 3.40. The molecule has 1 rings (SSSR count). The summed E-state index contributed by atoms with van der Waals surface area (Å²) in [7, 11) is 0. The monoisotopic (exact) mass is 257 g/mol. The molecule has 0 saturated heterocycles. The van der Waals surface area contributed by atoms with Crippen molar-refractivity contribution in [2.75, 3.05) is 18.6 Å². The standard InChI is InChI=1S/C13H23NS2/c1-10-9-13(12(3)16-10)11(2)14-7-5-6-8-15-4/h9,11,14H,5-8H2,1-4H3. The summed E-state index contributed by atoms with van der Waals surface area (Å²) in [6.45, 7) is 7.81. The molecule has 0 aromatic carbocycles. The number of nitrogens with one attached hydrogen (secondary N) is 1. The maximum atomic E-state index is 3.61. The highest BCUT2D eigenvalue weighted by Crippen LogP contribution is 2.25. The lowest BCUT2D eigenvalue weighted by molar-refractivity contribution is 0.555. The second kappa shape index (κ2) is 7.36. The molecular formula is C13H23NS2. The van der Waals surface area contributed by atoms with Gasteiger partial charge in [0, 0.05) is 15.8 Å². The van der Waals surface area contributed by atoms with Crippen molar-refractivity contribution in [2.45, 2.75) is 39.7 Å². The van der Waals surface area contributed by atoms with Crippen LogP contribution in [0, 0.1) is 13.8 Å². The van der Waals surface area contributed by atoms with Gasteiger partial charge in [0.25, 0.3) is 0 Å². The van der Waals surface area contributed by atoms with E-state index in [0.29, 0.717) is 6.04 Å². The van der Waals surface area contributed by atoms with Crippen molar-refractivity contribution in [3.05, 3.63) is 21.4 Å². The Hall–Kier alpha value is 0.01000. The number of rotatable bonds is 7. The average Bonchev–Trinajstić information content (AvgIpc) is 2.57. The molecule has 1 heterocycles. The van der Waals surface area contributed by atoms with Gasteiger partial charge < -0.3 is 5.32 Å². The molecule has 1 aromatic heterocycles. The Balaban J connectivity index is 2.29. The maximum absolute atomic E-state index is 3.61. The van der Waals surface area contributed by atoms with Crippen LogP contribution in [-0.2, 0) is 0 Å². The summed E-state index contributed by atoms with van der Waals surface area (Å²) in [5, 5.41) is 3.61. The summed E-state index contributed by atoms with van der Waals surface area (Å²) >= 11 is 3.84. The van der Waals surface area contributed by atoms with Gasteiger partial charge in [-0.2, -0.15) is 11.8 Å². The van der Waals surface area contributed by atoms with E-state index in [2.05, 4.69) is 38.4 Å². The Morgan fingerprint density at radius 3 is 2.69 bits per heavy atom. The van der Waals surface area contributed by atoms with E-state index in [-0.39, 0.29) is 0 Å². The van der Waals surface area contributed by atoms with Crippen molar-refractivity contribution < 1.29 is 0 Å². The van der Waals surface area contributed by atoms with Crippen LogP contribution in [0.2, 0.25) is 0 Å². The number of unbranched alkanes of at least 4 members (excludes halogenated alkanes) is 1. The van der Waals surface area contributed by atoms with Gasteiger partial charge in [-0.05, 0) is 63.8 Å². The minimum absolute atomic E-state index is 0.499. The predicted molar refractivity (Wildman–Crippen MR) is 77.8 cm³/mol. The molecular weight excluding hydrogens is 234 g/mol. The Morgan fingerprint density at radius 1 is 1.38 bits per heavy atom. The summed E-state index contributed by atoms with van der Waals surface area (Å²) in [5.74, 6) is 1.28. The van der Waals surface area contributed by atoms with Crippen LogP contribution in [0.1, 0.15) is 41.1 Å². The number of thiophene rings is 1. The third-order valence-corrected chi connectivity index (χ3v) is 4.45. The van der Waals surface area contributed by atoms with Crippen molar-refractivity contribution in [1.29, 1.82) is 0 Å². The van der Waals surface area contributed by atoms with Crippen LogP contribution in [0.3, 0.4) is 0 Å². The molecule has 0 aliphatic rings. The molecule has 0 fully saturated rings. The van der Waals surface area contributed by atoms with E-state index < -0.39 is 0 Å². The number of hydrogen-bond donors (Lipinski definition) is 1. The number of aryl methyl sites for hydroxylation is 2. The Bertz CT molecular complexity index is 307. The van der Waals surface area contributed by atoms with Gasteiger partial charge in [-0.15, -0.1) is 11.3 Å². The summed E-state index contributed by atoms with van der Waals surface area (Å²) < 4.78 is 0. The Labute approximate surface area is 108 Å². The normalized spacial score (nSPS) is 13.0. The molecule has 92 valence electrons. The van der Waals surface area contributed by atoms with E-state index in [0.717, 1.165) is 6.54 Å². The lowest BCUT2D eigenvalue weighted by atomic mass is 10.1. The molecule has 0 amide bonds. The van der Waals surface area contributed by atoms with Gasteiger partial charge in [-0.1, -0.05) is 0 Å². The fraction of sp³-hybridized carbons (Fsp3) is 0.692. The van der Waals surface area contributed by atoms with E-state index in [4.69, 9.17) is 0 Å². The number of thioether (sulfide) groups is 1. The van der Waals surface area contributed by atoms with Crippen LogP contribution < -0.4 is 5.32 Å². The minimum Gasteiger partial charge on any atom is -0.310 e. The SMILES string of the molecule is CSCCCCNC(C)c1cc(C)sc1C. The zero-order valence-electron chi connectivity index (χ0n) is 10.8. The molecule has 16 heavy (non-hydrogen) atoms. The average molecular weight is 257 g/mol. The highest BCUT2D eigenvalue weighted by molar-refractivity contribution is 7.98. The third-order valence-electron chi connectivity index (χ3n) is 2.77. The van der Waals surface area contributed by atoms with Crippen molar-refractivity contribution in [2.24, 2.45) is 0 Å². The van der Waals surface area contributed by atoms with Gasteiger partial charge in [0.1, 0.15) is 0 Å². The first-order valence-corrected chi connectivity index (χ1v) is 8.15. The Kier molecular flexibility index (Phi) is 6.47. The van der Waals surface area contributed by atoms with Gasteiger partial charge in [-0.3, -0.25) is 0 Å². The second-order valence-electron chi connectivity index (χ2n) is 4.24. The lowest BCUT2D eigenvalue weighted by Gasteiger charge is -2.13. The molecule has 0 bridgehead atoms. The first-order chi connectivity index (χ1) is 7.65. The topological polar surface area (TPSA) is 12.0 Å². The first-order valence-electron chi connectivity index (χ1n) is 5.94. The van der Waals surface area contributed by atoms with Gasteiger partial charge in [0.05, 0.1) is 0 Å². The van der Waals surface area contributed by atoms with E-state index in [1.165, 1.54) is 33.9 Å². The molecule has 1 N–H and O–H groups in total. The third kappa shape index (κ3) is 4.48. The van der Waals surface area contributed by atoms with Gasteiger partial charge in [0.15, 0.2) is 0 Å². The van der Waals surface area contributed by atoms with E-state index in [1.807, 2.05) is 23.1 Å². The molecule has 1 aromatic rings. The van der Waals surface area contributed by atoms with Gasteiger partial charge in [0.2, 0.25) is 0 Å². The van der Waals surface area contributed by atoms with E-state index >= 15 is 0 Å². The zero-order valence-corrected chi connectivity index (χ0v) is 12.4. The fourth-order valence-electron chi connectivity index (χ4n) is 1.88. The van der Waals surface area contributed by atoms with Crippen LogP contribution in [0.4, 0.5) is 0 Å². The van der Waals surface area contributed by atoms with E-state index in [9.17, 15) is 0 Å². The molecule has 0 spiro atoms. The maximum Gasteiger partial charge on any atom is 0.0302 e.